The number of carbonyl (C=O) groups is 1. The minimum atomic E-state index is -0.981. The highest BCUT2D eigenvalue weighted by Crippen LogP contribution is 1.64. The van der Waals surface area contributed by atoms with Gasteiger partial charge < -0.3 is 15.3 Å². The van der Waals surface area contributed by atoms with Crippen LogP contribution in [0, 0.1) is 12.0 Å². The Bertz CT molecular complexity index is 163. The molecule has 0 fully saturated rings. The molecule has 0 rings (SSSR count). The molecule has 0 spiro atoms. The van der Waals surface area contributed by atoms with Gasteiger partial charge in [-0.05, 0) is 0 Å². The molecule has 0 aliphatic rings. The maximum Gasteiger partial charge on any atom is 0.327 e. The molecule has 0 heterocycles. The minimum Gasteiger partial charge on any atom is -0.478 e. The van der Waals surface area contributed by atoms with E-state index in [1.165, 1.54) is 0 Å². The van der Waals surface area contributed by atoms with E-state index in [4.69, 9.17) is 15.3 Å². The lowest BCUT2D eigenvalue weighted by molar-refractivity contribution is -0.131. The minimum absolute atomic E-state index is 0.0214. The third-order valence-electron chi connectivity index (χ3n) is 0.490. The molecule has 0 amide bonds. The van der Waals surface area contributed by atoms with Gasteiger partial charge in [0.1, 0.15) is 6.11 Å². The van der Waals surface area contributed by atoms with Gasteiger partial charge in [-0.15, -0.1) is 0 Å². The number of aliphatic hydroxyl groups is 2. The van der Waals surface area contributed by atoms with Gasteiger partial charge in [0, 0.05) is 12.5 Å². The number of hydrogen-bond acceptors (Lipinski definition) is 3. The number of carboxylic acid groups (broad SMARTS) is 1. The lowest BCUT2D eigenvalue weighted by atomic mass is 10.5. The van der Waals surface area contributed by atoms with Gasteiger partial charge in [-0.25, -0.2) is 4.79 Å². The fraction of sp³-hybridized carbons (Fsp3) is 0.286. The average Bonchev–Trinajstić information content (AvgIpc) is 2.02. The zero-order chi connectivity index (χ0) is 9.11. The quantitative estimate of drug-likeness (QED) is 0.389. The zero-order valence-electron chi connectivity index (χ0n) is 5.95. The first-order chi connectivity index (χ1) is 5.18. The van der Waals surface area contributed by atoms with Crippen LogP contribution in [-0.2, 0) is 4.79 Å². The summed E-state index contributed by atoms with van der Waals surface area (Å²) in [7, 11) is 0. The van der Waals surface area contributed by atoms with Crippen LogP contribution < -0.4 is 0 Å². The van der Waals surface area contributed by atoms with Crippen molar-refractivity contribution >= 4 is 5.97 Å². The van der Waals surface area contributed by atoms with Gasteiger partial charge >= 0.3 is 5.97 Å². The Morgan fingerprint density at radius 3 is 2.18 bits per heavy atom. The second kappa shape index (κ2) is 11.3. The molecule has 0 saturated heterocycles. The van der Waals surface area contributed by atoms with Gasteiger partial charge in [0.15, 0.2) is 0 Å². The van der Waals surface area contributed by atoms with Gasteiger partial charge in [-0.1, -0.05) is 12.5 Å². The Kier molecular flexibility index (Phi) is 12.6. The van der Waals surface area contributed by atoms with E-state index in [9.17, 15) is 4.79 Å². The molecule has 4 heteroatoms. The number of aliphatic hydroxyl groups excluding tert-OH is 2. The second-order valence-electron chi connectivity index (χ2n) is 1.30. The molecule has 0 aromatic rings. The molecule has 62 valence electrons. The van der Waals surface area contributed by atoms with Crippen molar-refractivity contribution in [2.24, 2.45) is 0 Å². The van der Waals surface area contributed by atoms with Gasteiger partial charge in [-0.3, -0.25) is 0 Å². The summed E-state index contributed by atoms with van der Waals surface area (Å²) < 4.78 is 0. The summed E-state index contributed by atoms with van der Waals surface area (Å²) in [5.74, 6) is 1.27. The summed E-state index contributed by atoms with van der Waals surface area (Å²) in [5.41, 5.74) is 0. The van der Waals surface area contributed by atoms with Crippen LogP contribution in [0.2, 0.25) is 0 Å². The highest BCUT2D eigenvalue weighted by Gasteiger charge is 1.73. The monoisotopic (exact) mass is 158 g/mol. The Balaban J connectivity index is 0. The molecule has 0 aliphatic carbocycles. The van der Waals surface area contributed by atoms with E-state index in [0.717, 1.165) is 6.08 Å². The van der Waals surface area contributed by atoms with Crippen molar-refractivity contribution in [2.45, 2.75) is 6.42 Å². The molecule has 4 nitrogen and oxygen atoms in total. The van der Waals surface area contributed by atoms with Crippen molar-refractivity contribution in [3.8, 4) is 12.0 Å². The van der Waals surface area contributed by atoms with Crippen LogP contribution in [-0.4, -0.2) is 27.9 Å². The smallest absolute Gasteiger partial charge is 0.327 e. The molecule has 0 aliphatic heterocycles. The van der Waals surface area contributed by atoms with Crippen molar-refractivity contribution in [1.82, 2.24) is 0 Å². The van der Waals surface area contributed by atoms with Crippen molar-refractivity contribution in [2.75, 3.05) is 6.61 Å². The maximum absolute atomic E-state index is 9.25. The summed E-state index contributed by atoms with van der Waals surface area (Å²) >= 11 is 0. The number of rotatable bonds is 2. The van der Waals surface area contributed by atoms with Crippen molar-refractivity contribution in [3.63, 3.8) is 0 Å². The van der Waals surface area contributed by atoms with Gasteiger partial charge in [0.25, 0.3) is 0 Å². The van der Waals surface area contributed by atoms with Crippen LogP contribution in [0.1, 0.15) is 6.42 Å². The molecule has 0 aromatic heterocycles. The van der Waals surface area contributed by atoms with Gasteiger partial charge in [0.05, 0.1) is 6.61 Å². The molecule has 0 radical (unpaired) electrons. The van der Waals surface area contributed by atoms with E-state index in [-0.39, 0.29) is 6.61 Å². The Hall–Kier alpha value is -1.47. The Morgan fingerprint density at radius 2 is 2.09 bits per heavy atom. The SMILES string of the molecule is C=CC(=O)O.OC#CCCO. The van der Waals surface area contributed by atoms with E-state index in [1.54, 1.807) is 6.11 Å². The van der Waals surface area contributed by atoms with E-state index < -0.39 is 5.97 Å². The Morgan fingerprint density at radius 1 is 1.64 bits per heavy atom. The highest BCUT2D eigenvalue weighted by molar-refractivity contribution is 5.78. The first kappa shape index (κ1) is 12.2. The summed E-state index contributed by atoms with van der Waals surface area (Å²) in [5, 5.41) is 23.3. The van der Waals surface area contributed by atoms with Crippen LogP contribution in [0.3, 0.4) is 0 Å². The molecule has 11 heavy (non-hydrogen) atoms. The standard InChI is InChI=1S/C4H6O2.C3H4O2/c5-3-1-2-4-6;1-2-3(4)5/h5-6H,1,3H2;2H,1H2,(H,4,5). The van der Waals surface area contributed by atoms with Crippen LogP contribution in [0.5, 0.6) is 0 Å². The number of aliphatic carboxylic acids is 1. The molecule has 0 bridgehead atoms. The van der Waals surface area contributed by atoms with E-state index >= 15 is 0 Å². The maximum atomic E-state index is 9.25. The predicted molar refractivity (Wildman–Crippen MR) is 39.2 cm³/mol. The number of hydrogen-bond donors (Lipinski definition) is 3. The van der Waals surface area contributed by atoms with Gasteiger partial charge in [-0.2, -0.15) is 0 Å². The molecule has 0 saturated carbocycles. The van der Waals surface area contributed by atoms with Crippen LogP contribution >= 0.6 is 0 Å². The summed E-state index contributed by atoms with van der Waals surface area (Å²) in [6.07, 6.45) is 2.85. The van der Waals surface area contributed by atoms with Crippen LogP contribution in [0.15, 0.2) is 12.7 Å². The normalized spacial score (nSPS) is 6.27. The van der Waals surface area contributed by atoms with E-state index in [0.29, 0.717) is 6.42 Å². The topological polar surface area (TPSA) is 77.8 Å². The first-order valence-electron chi connectivity index (χ1n) is 2.77. The largest absolute Gasteiger partial charge is 0.478 e. The summed E-state index contributed by atoms with van der Waals surface area (Å²) in [6, 6.07) is 0. The first-order valence-corrected chi connectivity index (χ1v) is 2.77. The van der Waals surface area contributed by atoms with Crippen molar-refractivity contribution < 1.29 is 20.1 Å². The average molecular weight is 158 g/mol. The lowest BCUT2D eigenvalue weighted by Crippen LogP contribution is -1.82. The molecule has 0 unspecified atom stereocenters. The van der Waals surface area contributed by atoms with Crippen LogP contribution in [0.25, 0.3) is 0 Å². The van der Waals surface area contributed by atoms with Crippen molar-refractivity contribution in [3.05, 3.63) is 12.7 Å². The predicted octanol–water partition coefficient (Wildman–Crippen LogP) is -0.0408. The fourth-order valence-electron chi connectivity index (χ4n) is 0.112. The fourth-order valence-corrected chi connectivity index (χ4v) is 0.112. The van der Waals surface area contributed by atoms with Crippen molar-refractivity contribution in [1.29, 1.82) is 0 Å². The van der Waals surface area contributed by atoms with E-state index in [1.807, 2.05) is 0 Å². The summed E-state index contributed by atoms with van der Waals surface area (Å²) in [6.45, 7) is 2.98. The molecule has 3 N–H and O–H groups in total. The molecular formula is C7H10O4. The second-order valence-corrected chi connectivity index (χ2v) is 1.30. The van der Waals surface area contributed by atoms with E-state index in [2.05, 4.69) is 12.5 Å². The molecule has 0 atom stereocenters. The lowest BCUT2D eigenvalue weighted by Gasteiger charge is -1.71. The highest BCUT2D eigenvalue weighted by atomic mass is 16.4. The van der Waals surface area contributed by atoms with Crippen LogP contribution in [0.4, 0.5) is 0 Å². The zero-order valence-corrected chi connectivity index (χ0v) is 5.95. The Labute approximate surface area is 64.8 Å². The third kappa shape index (κ3) is 29.2. The van der Waals surface area contributed by atoms with Gasteiger partial charge in [0.2, 0.25) is 0 Å². The summed E-state index contributed by atoms with van der Waals surface area (Å²) in [4.78, 5) is 9.25. The third-order valence-corrected chi connectivity index (χ3v) is 0.490. The molecule has 0 aromatic carbocycles. The molecular weight excluding hydrogens is 148 g/mol. The number of carboxylic acids is 1.